The summed E-state index contributed by atoms with van der Waals surface area (Å²) in [5.41, 5.74) is 1.64. The molecule has 0 saturated carbocycles. The van der Waals surface area contributed by atoms with Crippen molar-refractivity contribution in [1.82, 2.24) is 15.1 Å². The smallest absolute Gasteiger partial charge is 0.319 e. The molecule has 0 saturated heterocycles. The third-order valence-corrected chi connectivity index (χ3v) is 3.49. The Bertz CT molecular complexity index is 789. The van der Waals surface area contributed by atoms with Crippen LogP contribution < -0.4 is 10.6 Å². The molecule has 0 unspecified atom stereocenters. The lowest BCUT2D eigenvalue weighted by atomic mass is 10.1. The molecule has 1 heterocycles. The van der Waals surface area contributed by atoms with Crippen molar-refractivity contribution in [2.45, 2.75) is 20.0 Å². The van der Waals surface area contributed by atoms with E-state index >= 15 is 0 Å². The first kappa shape index (κ1) is 14.1. The SMILES string of the molecule is CCn1ccc(CNC(=O)Nc2cccc3ccccc23)n1. The van der Waals surface area contributed by atoms with Gasteiger partial charge in [0.2, 0.25) is 0 Å². The Hall–Kier alpha value is -2.82. The van der Waals surface area contributed by atoms with Crippen LogP contribution in [0, 0.1) is 0 Å². The number of fused-ring (bicyclic) bond motifs is 1. The number of urea groups is 1. The molecule has 5 nitrogen and oxygen atoms in total. The number of nitrogens with one attached hydrogen (secondary N) is 2. The molecule has 0 aliphatic rings. The predicted octanol–water partition coefficient (Wildman–Crippen LogP) is 3.38. The minimum Gasteiger partial charge on any atom is -0.332 e. The quantitative estimate of drug-likeness (QED) is 0.775. The number of amides is 2. The number of rotatable bonds is 4. The monoisotopic (exact) mass is 294 g/mol. The van der Waals surface area contributed by atoms with E-state index in [0.717, 1.165) is 28.7 Å². The van der Waals surface area contributed by atoms with Crippen LogP contribution in [0.5, 0.6) is 0 Å². The van der Waals surface area contributed by atoms with E-state index in [1.54, 1.807) is 0 Å². The Morgan fingerprint density at radius 1 is 1.14 bits per heavy atom. The first-order valence-corrected chi connectivity index (χ1v) is 7.31. The van der Waals surface area contributed by atoms with Crippen LogP contribution in [-0.4, -0.2) is 15.8 Å². The molecule has 3 aromatic rings. The largest absolute Gasteiger partial charge is 0.332 e. The molecule has 0 aliphatic heterocycles. The molecule has 2 aromatic carbocycles. The van der Waals surface area contributed by atoms with E-state index in [-0.39, 0.29) is 6.03 Å². The van der Waals surface area contributed by atoms with Crippen molar-refractivity contribution in [2.24, 2.45) is 0 Å². The summed E-state index contributed by atoms with van der Waals surface area (Å²) in [5, 5.41) is 12.2. The zero-order valence-corrected chi connectivity index (χ0v) is 12.4. The zero-order valence-electron chi connectivity index (χ0n) is 12.4. The van der Waals surface area contributed by atoms with E-state index in [1.807, 2.05) is 66.3 Å². The molecule has 3 rings (SSSR count). The lowest BCUT2D eigenvalue weighted by Crippen LogP contribution is -2.28. The van der Waals surface area contributed by atoms with E-state index in [1.165, 1.54) is 0 Å². The molecule has 2 amide bonds. The Morgan fingerprint density at radius 3 is 2.77 bits per heavy atom. The number of anilines is 1. The van der Waals surface area contributed by atoms with Gasteiger partial charge in [-0.05, 0) is 24.4 Å². The lowest BCUT2D eigenvalue weighted by Gasteiger charge is -2.09. The fourth-order valence-electron chi connectivity index (χ4n) is 2.35. The van der Waals surface area contributed by atoms with Crippen molar-refractivity contribution in [3.8, 4) is 0 Å². The van der Waals surface area contributed by atoms with Gasteiger partial charge in [0.05, 0.1) is 17.9 Å². The summed E-state index contributed by atoms with van der Waals surface area (Å²) in [6.07, 6.45) is 1.90. The van der Waals surface area contributed by atoms with E-state index in [4.69, 9.17) is 0 Å². The molecule has 0 spiro atoms. The first-order chi connectivity index (χ1) is 10.8. The molecular formula is C17H18N4O. The number of hydrogen-bond donors (Lipinski definition) is 2. The molecule has 0 radical (unpaired) electrons. The molecule has 0 fully saturated rings. The maximum absolute atomic E-state index is 12.0. The van der Waals surface area contributed by atoms with Gasteiger partial charge in [-0.15, -0.1) is 0 Å². The number of nitrogens with zero attached hydrogens (tertiary/aromatic N) is 2. The number of carbonyl (C=O) groups is 1. The Labute approximate surface area is 128 Å². The Balaban J connectivity index is 1.65. The highest BCUT2D eigenvalue weighted by Gasteiger charge is 2.06. The zero-order chi connectivity index (χ0) is 15.4. The topological polar surface area (TPSA) is 59.0 Å². The van der Waals surface area contributed by atoms with Crippen LogP contribution in [0.4, 0.5) is 10.5 Å². The van der Waals surface area contributed by atoms with Crippen molar-refractivity contribution in [3.63, 3.8) is 0 Å². The summed E-state index contributed by atoms with van der Waals surface area (Å²) in [7, 11) is 0. The average molecular weight is 294 g/mol. The Kier molecular flexibility index (Phi) is 4.05. The summed E-state index contributed by atoms with van der Waals surface area (Å²) in [4.78, 5) is 12.0. The third-order valence-electron chi connectivity index (χ3n) is 3.49. The predicted molar refractivity (Wildman–Crippen MR) is 87.7 cm³/mol. The maximum Gasteiger partial charge on any atom is 0.319 e. The molecule has 0 atom stereocenters. The number of hydrogen-bond acceptors (Lipinski definition) is 2. The van der Waals surface area contributed by atoms with E-state index in [0.29, 0.717) is 6.54 Å². The highest BCUT2D eigenvalue weighted by Crippen LogP contribution is 2.22. The summed E-state index contributed by atoms with van der Waals surface area (Å²) < 4.78 is 1.83. The van der Waals surface area contributed by atoms with Gasteiger partial charge in [-0.25, -0.2) is 4.79 Å². The fourth-order valence-corrected chi connectivity index (χ4v) is 2.35. The van der Waals surface area contributed by atoms with Crippen molar-refractivity contribution in [3.05, 3.63) is 60.4 Å². The molecule has 0 bridgehead atoms. The van der Waals surface area contributed by atoms with E-state index in [2.05, 4.69) is 15.7 Å². The molecule has 5 heteroatoms. The van der Waals surface area contributed by atoms with Crippen LogP contribution in [0.3, 0.4) is 0 Å². The summed E-state index contributed by atoms with van der Waals surface area (Å²) >= 11 is 0. The van der Waals surface area contributed by atoms with Gasteiger partial charge in [0.25, 0.3) is 0 Å². The van der Waals surface area contributed by atoms with Crippen molar-refractivity contribution < 1.29 is 4.79 Å². The van der Waals surface area contributed by atoms with Gasteiger partial charge in [0, 0.05) is 18.1 Å². The summed E-state index contributed by atoms with van der Waals surface area (Å²) in [5.74, 6) is 0. The second-order valence-corrected chi connectivity index (χ2v) is 5.00. The molecular weight excluding hydrogens is 276 g/mol. The van der Waals surface area contributed by atoms with Crippen molar-refractivity contribution in [2.75, 3.05) is 5.32 Å². The molecule has 1 aromatic heterocycles. The highest BCUT2D eigenvalue weighted by molar-refractivity contribution is 6.01. The van der Waals surface area contributed by atoms with Crippen molar-refractivity contribution in [1.29, 1.82) is 0 Å². The second kappa shape index (κ2) is 6.30. The standard InChI is InChI=1S/C17H18N4O/c1-2-21-11-10-14(20-21)12-18-17(22)19-16-9-5-7-13-6-3-4-8-15(13)16/h3-11H,2,12H2,1H3,(H2,18,19,22). The highest BCUT2D eigenvalue weighted by atomic mass is 16.2. The van der Waals surface area contributed by atoms with Gasteiger partial charge in [0.1, 0.15) is 0 Å². The Morgan fingerprint density at radius 2 is 1.95 bits per heavy atom. The summed E-state index contributed by atoms with van der Waals surface area (Å²) in [6, 6.07) is 15.5. The van der Waals surface area contributed by atoms with Crippen LogP contribution >= 0.6 is 0 Å². The average Bonchev–Trinajstić information content (AvgIpc) is 3.01. The first-order valence-electron chi connectivity index (χ1n) is 7.31. The van der Waals surface area contributed by atoms with Gasteiger partial charge in [-0.3, -0.25) is 4.68 Å². The van der Waals surface area contributed by atoms with Crippen molar-refractivity contribution >= 4 is 22.5 Å². The fraction of sp³-hybridized carbons (Fsp3) is 0.176. The second-order valence-electron chi connectivity index (χ2n) is 5.00. The van der Waals surface area contributed by atoms with Crippen LogP contribution in [0.1, 0.15) is 12.6 Å². The molecule has 0 aliphatic carbocycles. The minimum absolute atomic E-state index is 0.234. The summed E-state index contributed by atoms with van der Waals surface area (Å²) in [6.45, 7) is 3.25. The number of aryl methyl sites for hydroxylation is 1. The van der Waals surface area contributed by atoms with Crippen LogP contribution in [0.15, 0.2) is 54.7 Å². The van der Waals surface area contributed by atoms with Gasteiger partial charge in [0.15, 0.2) is 0 Å². The van der Waals surface area contributed by atoms with Gasteiger partial charge in [-0.2, -0.15) is 5.10 Å². The molecule has 112 valence electrons. The van der Waals surface area contributed by atoms with E-state index < -0.39 is 0 Å². The van der Waals surface area contributed by atoms with Gasteiger partial charge >= 0.3 is 6.03 Å². The van der Waals surface area contributed by atoms with Gasteiger partial charge in [-0.1, -0.05) is 36.4 Å². The number of benzene rings is 2. The normalized spacial score (nSPS) is 10.6. The minimum atomic E-state index is -0.234. The van der Waals surface area contributed by atoms with Gasteiger partial charge < -0.3 is 10.6 Å². The molecule has 22 heavy (non-hydrogen) atoms. The van der Waals surface area contributed by atoms with Crippen LogP contribution in [0.2, 0.25) is 0 Å². The number of carbonyl (C=O) groups excluding carboxylic acids is 1. The van der Waals surface area contributed by atoms with Crippen LogP contribution in [-0.2, 0) is 13.1 Å². The lowest BCUT2D eigenvalue weighted by molar-refractivity contribution is 0.251. The third kappa shape index (κ3) is 3.09. The van der Waals surface area contributed by atoms with Crippen LogP contribution in [0.25, 0.3) is 10.8 Å². The maximum atomic E-state index is 12.0. The number of aromatic nitrogens is 2. The van der Waals surface area contributed by atoms with E-state index in [9.17, 15) is 4.79 Å². The molecule has 2 N–H and O–H groups in total.